The number of aromatic nitrogens is 1. The normalized spacial score (nSPS) is 10.4. The second-order valence-corrected chi connectivity index (χ2v) is 5.85. The number of hydrogen-bond acceptors (Lipinski definition) is 3. The summed E-state index contributed by atoms with van der Waals surface area (Å²) in [5.41, 5.74) is 9.63. The average Bonchev–Trinajstić information content (AvgIpc) is 2.29. The van der Waals surface area contributed by atoms with Crippen molar-refractivity contribution in [1.82, 2.24) is 4.98 Å². The summed E-state index contributed by atoms with van der Waals surface area (Å²) in [6.45, 7) is 4.01. The summed E-state index contributed by atoms with van der Waals surface area (Å²) in [7, 11) is 0. The van der Waals surface area contributed by atoms with Gasteiger partial charge in [0.1, 0.15) is 5.82 Å². The predicted molar refractivity (Wildman–Crippen MR) is 83.2 cm³/mol. The molecular weight excluding hydrogens is 358 g/mol. The van der Waals surface area contributed by atoms with E-state index in [-0.39, 0.29) is 0 Å². The third-order valence-electron chi connectivity index (χ3n) is 2.61. The van der Waals surface area contributed by atoms with Gasteiger partial charge < -0.3 is 11.1 Å². The zero-order chi connectivity index (χ0) is 13.3. The monoisotopic (exact) mass is 369 g/mol. The van der Waals surface area contributed by atoms with Crippen LogP contribution in [0.4, 0.5) is 17.2 Å². The zero-order valence-corrected chi connectivity index (χ0v) is 13.3. The van der Waals surface area contributed by atoms with Crippen LogP contribution in [0.3, 0.4) is 0 Å². The van der Waals surface area contributed by atoms with E-state index in [0.29, 0.717) is 5.69 Å². The van der Waals surface area contributed by atoms with Crippen LogP contribution in [0.15, 0.2) is 33.3 Å². The number of benzene rings is 1. The van der Waals surface area contributed by atoms with E-state index in [9.17, 15) is 0 Å². The fourth-order valence-electron chi connectivity index (χ4n) is 1.62. The Balaban J connectivity index is 2.37. The van der Waals surface area contributed by atoms with Gasteiger partial charge in [0.05, 0.1) is 16.4 Å². The van der Waals surface area contributed by atoms with Crippen LogP contribution in [0.1, 0.15) is 11.1 Å². The number of aryl methyl sites for hydroxylation is 1. The SMILES string of the molecule is Cc1cc(Br)cc(Nc2ncc(N)c(C)c2Br)c1. The summed E-state index contributed by atoms with van der Waals surface area (Å²) in [5, 5.41) is 3.28. The number of nitrogens with zero attached hydrogens (tertiary/aromatic N) is 1. The Morgan fingerprint density at radius 3 is 2.56 bits per heavy atom. The highest BCUT2D eigenvalue weighted by molar-refractivity contribution is 9.11. The van der Waals surface area contributed by atoms with Gasteiger partial charge in [0.15, 0.2) is 0 Å². The summed E-state index contributed by atoms with van der Waals surface area (Å²) >= 11 is 6.99. The summed E-state index contributed by atoms with van der Waals surface area (Å²) in [5.74, 6) is 0.763. The molecule has 0 aliphatic carbocycles. The highest BCUT2D eigenvalue weighted by Gasteiger charge is 2.08. The Morgan fingerprint density at radius 1 is 1.17 bits per heavy atom. The van der Waals surface area contributed by atoms with Crippen LogP contribution in [0, 0.1) is 13.8 Å². The molecule has 1 aromatic carbocycles. The van der Waals surface area contributed by atoms with Gasteiger partial charge in [-0.3, -0.25) is 0 Å². The molecule has 0 fully saturated rings. The van der Waals surface area contributed by atoms with E-state index in [1.54, 1.807) is 6.20 Å². The molecule has 2 aromatic rings. The average molecular weight is 371 g/mol. The smallest absolute Gasteiger partial charge is 0.145 e. The molecule has 0 radical (unpaired) electrons. The minimum atomic E-state index is 0.679. The van der Waals surface area contributed by atoms with Crippen molar-refractivity contribution in [2.75, 3.05) is 11.1 Å². The van der Waals surface area contributed by atoms with Crippen molar-refractivity contribution in [2.45, 2.75) is 13.8 Å². The van der Waals surface area contributed by atoms with Gasteiger partial charge in [0.2, 0.25) is 0 Å². The molecule has 3 N–H and O–H groups in total. The second-order valence-electron chi connectivity index (χ2n) is 4.14. The molecule has 0 atom stereocenters. The predicted octanol–water partition coefficient (Wildman–Crippen LogP) is 4.55. The van der Waals surface area contributed by atoms with Crippen molar-refractivity contribution in [3.8, 4) is 0 Å². The van der Waals surface area contributed by atoms with E-state index >= 15 is 0 Å². The van der Waals surface area contributed by atoms with Gasteiger partial charge >= 0.3 is 0 Å². The fraction of sp³-hybridized carbons (Fsp3) is 0.154. The minimum Gasteiger partial charge on any atom is -0.397 e. The molecule has 0 unspecified atom stereocenters. The molecule has 0 saturated carbocycles. The highest BCUT2D eigenvalue weighted by atomic mass is 79.9. The van der Waals surface area contributed by atoms with Crippen LogP contribution in [0.2, 0.25) is 0 Å². The summed E-state index contributed by atoms with van der Waals surface area (Å²) in [6, 6.07) is 6.12. The number of halogens is 2. The molecule has 2 rings (SSSR count). The Morgan fingerprint density at radius 2 is 1.89 bits per heavy atom. The Labute approximate surface area is 123 Å². The standard InChI is InChI=1S/C13H13Br2N3/c1-7-3-9(14)5-10(4-7)18-13-12(15)8(2)11(16)6-17-13/h3-6H,16H2,1-2H3,(H,17,18). The fourth-order valence-corrected chi connectivity index (χ4v) is 2.66. The number of nitrogen functional groups attached to an aromatic ring is 1. The van der Waals surface area contributed by atoms with Crippen LogP contribution >= 0.6 is 31.9 Å². The topological polar surface area (TPSA) is 50.9 Å². The van der Waals surface area contributed by atoms with E-state index in [2.05, 4.69) is 54.3 Å². The van der Waals surface area contributed by atoms with Gasteiger partial charge in [0, 0.05) is 10.2 Å². The first-order valence-electron chi connectivity index (χ1n) is 5.42. The van der Waals surface area contributed by atoms with Gasteiger partial charge in [0.25, 0.3) is 0 Å². The highest BCUT2D eigenvalue weighted by Crippen LogP contribution is 2.30. The van der Waals surface area contributed by atoms with Gasteiger partial charge in [-0.2, -0.15) is 0 Å². The largest absolute Gasteiger partial charge is 0.397 e. The van der Waals surface area contributed by atoms with Gasteiger partial charge in [-0.15, -0.1) is 0 Å². The van der Waals surface area contributed by atoms with Crippen molar-refractivity contribution in [3.63, 3.8) is 0 Å². The van der Waals surface area contributed by atoms with Crippen molar-refractivity contribution in [1.29, 1.82) is 0 Å². The van der Waals surface area contributed by atoms with Crippen LogP contribution in [-0.4, -0.2) is 4.98 Å². The molecule has 0 bridgehead atoms. The molecule has 18 heavy (non-hydrogen) atoms. The van der Waals surface area contributed by atoms with Crippen LogP contribution in [-0.2, 0) is 0 Å². The van der Waals surface area contributed by atoms with Crippen molar-refractivity contribution < 1.29 is 0 Å². The lowest BCUT2D eigenvalue weighted by atomic mass is 10.2. The van der Waals surface area contributed by atoms with Gasteiger partial charge in [-0.25, -0.2) is 4.98 Å². The molecule has 0 aliphatic heterocycles. The lowest BCUT2D eigenvalue weighted by molar-refractivity contribution is 1.25. The Hall–Kier alpha value is -1.07. The Kier molecular flexibility index (Phi) is 3.92. The number of pyridine rings is 1. The van der Waals surface area contributed by atoms with E-state index in [1.807, 2.05) is 19.9 Å². The van der Waals surface area contributed by atoms with Crippen LogP contribution in [0.25, 0.3) is 0 Å². The molecule has 94 valence electrons. The van der Waals surface area contributed by atoms with Crippen LogP contribution < -0.4 is 11.1 Å². The molecule has 0 spiro atoms. The molecule has 1 heterocycles. The van der Waals surface area contributed by atoms with E-state index in [4.69, 9.17) is 5.73 Å². The third-order valence-corrected chi connectivity index (χ3v) is 4.04. The molecule has 3 nitrogen and oxygen atoms in total. The summed E-state index contributed by atoms with van der Waals surface area (Å²) in [6.07, 6.45) is 1.66. The maximum atomic E-state index is 5.80. The number of nitrogens with two attached hydrogens (primary N) is 1. The lowest BCUT2D eigenvalue weighted by Gasteiger charge is -2.11. The third kappa shape index (κ3) is 2.84. The summed E-state index contributed by atoms with van der Waals surface area (Å²) in [4.78, 5) is 4.29. The maximum Gasteiger partial charge on any atom is 0.145 e. The Bertz CT molecular complexity index is 577. The summed E-state index contributed by atoms with van der Waals surface area (Å²) < 4.78 is 1.92. The van der Waals surface area contributed by atoms with Gasteiger partial charge in [-0.1, -0.05) is 15.9 Å². The van der Waals surface area contributed by atoms with E-state index in [1.165, 1.54) is 5.56 Å². The maximum absolute atomic E-state index is 5.80. The zero-order valence-electron chi connectivity index (χ0n) is 10.1. The number of nitrogens with one attached hydrogen (secondary N) is 1. The molecule has 0 aliphatic rings. The minimum absolute atomic E-state index is 0.679. The number of anilines is 3. The second kappa shape index (κ2) is 5.28. The molecule has 1 aromatic heterocycles. The number of rotatable bonds is 2. The first-order chi connectivity index (χ1) is 8.47. The molecule has 0 amide bonds. The van der Waals surface area contributed by atoms with E-state index < -0.39 is 0 Å². The first kappa shape index (κ1) is 13.4. The molecule has 0 saturated heterocycles. The quantitative estimate of drug-likeness (QED) is 0.815. The lowest BCUT2D eigenvalue weighted by Crippen LogP contribution is -1.99. The first-order valence-corrected chi connectivity index (χ1v) is 7.01. The van der Waals surface area contributed by atoms with Crippen molar-refractivity contribution >= 4 is 49.1 Å². The molecular formula is C13H13Br2N3. The van der Waals surface area contributed by atoms with E-state index in [0.717, 1.165) is 26.0 Å². The molecule has 5 heteroatoms. The van der Waals surface area contributed by atoms with Crippen LogP contribution in [0.5, 0.6) is 0 Å². The van der Waals surface area contributed by atoms with Gasteiger partial charge in [-0.05, 0) is 59.1 Å². The number of hydrogen-bond donors (Lipinski definition) is 2. The van der Waals surface area contributed by atoms with Crippen molar-refractivity contribution in [3.05, 3.63) is 44.5 Å². The van der Waals surface area contributed by atoms with Crippen molar-refractivity contribution in [2.24, 2.45) is 0 Å².